The van der Waals surface area contributed by atoms with Gasteiger partial charge in [0.05, 0.1) is 6.04 Å². The molecule has 1 aliphatic carbocycles. The quantitative estimate of drug-likeness (QED) is 0.533. The molecule has 2 aromatic carbocycles. The van der Waals surface area contributed by atoms with Crippen molar-refractivity contribution in [1.29, 1.82) is 0 Å². The molecule has 1 aromatic heterocycles. The van der Waals surface area contributed by atoms with Crippen molar-refractivity contribution in [2.45, 2.75) is 58.2 Å². The summed E-state index contributed by atoms with van der Waals surface area (Å²) in [4.78, 5) is 31.5. The summed E-state index contributed by atoms with van der Waals surface area (Å²) in [7, 11) is 0. The maximum Gasteiger partial charge on any atom is 0.270 e. The van der Waals surface area contributed by atoms with Gasteiger partial charge in [0.25, 0.3) is 5.91 Å². The van der Waals surface area contributed by atoms with Crippen molar-refractivity contribution in [3.05, 3.63) is 80.8 Å². The van der Waals surface area contributed by atoms with Crippen molar-refractivity contribution in [2.75, 3.05) is 6.54 Å². The lowest BCUT2D eigenvalue weighted by Gasteiger charge is -2.38. The Morgan fingerprint density at radius 1 is 1.21 bits per heavy atom. The van der Waals surface area contributed by atoms with Gasteiger partial charge in [-0.1, -0.05) is 42.8 Å². The number of benzene rings is 2. The SMILES string of the molecule is CCC(=O)N1CCc2ccc(OCc3nc(C(=O)NC4CC4)cs3)cc2C1c1cccc(C)c1. The summed E-state index contributed by atoms with van der Waals surface area (Å²) in [5.41, 5.74) is 5.10. The molecule has 0 saturated heterocycles. The zero-order chi connectivity index (χ0) is 23.7. The normalized spacial score (nSPS) is 17.2. The topological polar surface area (TPSA) is 71.5 Å². The fourth-order valence-electron chi connectivity index (χ4n) is 4.47. The van der Waals surface area contributed by atoms with Crippen LogP contribution in [-0.2, 0) is 17.8 Å². The van der Waals surface area contributed by atoms with Crippen molar-refractivity contribution in [2.24, 2.45) is 0 Å². The molecule has 2 aliphatic rings. The second kappa shape index (κ2) is 9.58. The average Bonchev–Trinajstić information content (AvgIpc) is 3.53. The van der Waals surface area contributed by atoms with Gasteiger partial charge in [-0.25, -0.2) is 4.98 Å². The van der Waals surface area contributed by atoms with Crippen LogP contribution in [0.15, 0.2) is 47.8 Å². The summed E-state index contributed by atoms with van der Waals surface area (Å²) in [6, 6.07) is 14.7. The minimum Gasteiger partial charge on any atom is -0.486 e. The van der Waals surface area contributed by atoms with E-state index in [1.165, 1.54) is 22.5 Å². The molecule has 3 aromatic rings. The van der Waals surface area contributed by atoms with E-state index in [0.29, 0.717) is 31.3 Å². The number of fused-ring (bicyclic) bond motifs is 1. The van der Waals surface area contributed by atoms with Gasteiger partial charge in [0.1, 0.15) is 23.1 Å². The number of carbonyl (C=O) groups is 2. The van der Waals surface area contributed by atoms with Crippen LogP contribution in [0.2, 0.25) is 0 Å². The van der Waals surface area contributed by atoms with Gasteiger partial charge < -0.3 is 15.0 Å². The Labute approximate surface area is 204 Å². The van der Waals surface area contributed by atoms with Crippen LogP contribution in [-0.4, -0.2) is 34.3 Å². The van der Waals surface area contributed by atoms with Crippen LogP contribution in [0.5, 0.6) is 5.75 Å². The molecule has 0 bridgehead atoms. The van der Waals surface area contributed by atoms with Crippen molar-refractivity contribution in [3.63, 3.8) is 0 Å². The zero-order valence-corrected chi connectivity index (χ0v) is 20.4. The summed E-state index contributed by atoms with van der Waals surface area (Å²) >= 11 is 1.43. The molecule has 7 heteroatoms. The minimum atomic E-state index is -0.128. The molecule has 0 spiro atoms. The molecule has 1 unspecified atom stereocenters. The number of ether oxygens (including phenoxy) is 1. The van der Waals surface area contributed by atoms with Gasteiger partial charge in [-0.2, -0.15) is 0 Å². The molecule has 34 heavy (non-hydrogen) atoms. The van der Waals surface area contributed by atoms with E-state index in [1.807, 2.05) is 24.0 Å². The van der Waals surface area contributed by atoms with Crippen LogP contribution >= 0.6 is 11.3 Å². The number of hydrogen-bond acceptors (Lipinski definition) is 5. The molecular weight excluding hydrogens is 446 g/mol. The minimum absolute atomic E-state index is 0.111. The van der Waals surface area contributed by atoms with Gasteiger partial charge in [0.2, 0.25) is 5.91 Å². The van der Waals surface area contributed by atoms with E-state index in [1.54, 1.807) is 5.38 Å². The number of aromatic nitrogens is 1. The van der Waals surface area contributed by atoms with Crippen LogP contribution in [0.25, 0.3) is 0 Å². The third-order valence-corrected chi connectivity index (χ3v) is 7.21. The number of rotatable bonds is 7. The predicted octanol–water partition coefficient (Wildman–Crippen LogP) is 4.81. The molecule has 2 heterocycles. The van der Waals surface area contributed by atoms with Gasteiger partial charge in [0.15, 0.2) is 0 Å². The van der Waals surface area contributed by atoms with E-state index in [-0.39, 0.29) is 17.9 Å². The van der Waals surface area contributed by atoms with Gasteiger partial charge in [-0.15, -0.1) is 11.3 Å². The smallest absolute Gasteiger partial charge is 0.270 e. The molecule has 2 amide bonds. The number of carbonyl (C=O) groups excluding carboxylic acids is 2. The largest absolute Gasteiger partial charge is 0.486 e. The van der Waals surface area contributed by atoms with Gasteiger partial charge in [0, 0.05) is 24.4 Å². The van der Waals surface area contributed by atoms with Gasteiger partial charge in [-0.05, 0) is 55.0 Å². The first-order valence-corrected chi connectivity index (χ1v) is 12.8. The number of amides is 2. The monoisotopic (exact) mass is 475 g/mol. The van der Waals surface area contributed by atoms with Crippen LogP contribution in [0.4, 0.5) is 0 Å². The fourth-order valence-corrected chi connectivity index (χ4v) is 5.15. The molecule has 6 nitrogen and oxygen atoms in total. The van der Waals surface area contributed by atoms with Crippen LogP contribution in [0.1, 0.15) is 70.0 Å². The highest BCUT2D eigenvalue weighted by atomic mass is 32.1. The highest BCUT2D eigenvalue weighted by molar-refractivity contribution is 7.09. The van der Waals surface area contributed by atoms with E-state index in [2.05, 4.69) is 47.6 Å². The first kappa shape index (κ1) is 22.6. The Bertz CT molecular complexity index is 1220. The molecule has 1 atom stereocenters. The summed E-state index contributed by atoms with van der Waals surface area (Å²) in [5.74, 6) is 0.783. The molecule has 5 rings (SSSR count). The Balaban J connectivity index is 1.37. The maximum atomic E-state index is 12.8. The fraction of sp³-hybridized carbons (Fsp3) is 0.370. The number of thiazole rings is 1. The second-order valence-corrected chi connectivity index (χ2v) is 9.97. The maximum absolute atomic E-state index is 12.8. The van der Waals surface area contributed by atoms with Crippen LogP contribution in [0, 0.1) is 6.92 Å². The second-order valence-electron chi connectivity index (χ2n) is 9.03. The first-order valence-electron chi connectivity index (χ1n) is 11.9. The molecule has 1 fully saturated rings. The van der Waals surface area contributed by atoms with Crippen molar-refractivity contribution in [1.82, 2.24) is 15.2 Å². The number of nitrogens with zero attached hydrogens (tertiary/aromatic N) is 2. The third-order valence-electron chi connectivity index (χ3n) is 6.39. The van der Waals surface area contributed by atoms with E-state index >= 15 is 0 Å². The highest BCUT2D eigenvalue weighted by Crippen LogP contribution is 2.38. The molecule has 0 radical (unpaired) electrons. The molecule has 1 N–H and O–H groups in total. The van der Waals surface area contributed by atoms with Crippen molar-refractivity contribution < 1.29 is 14.3 Å². The Hall–Kier alpha value is -3.19. The zero-order valence-electron chi connectivity index (χ0n) is 19.5. The lowest BCUT2D eigenvalue weighted by atomic mass is 9.87. The van der Waals surface area contributed by atoms with Crippen molar-refractivity contribution >= 4 is 23.2 Å². The lowest BCUT2D eigenvalue weighted by molar-refractivity contribution is -0.132. The average molecular weight is 476 g/mol. The molecular formula is C27H29N3O3S. The summed E-state index contributed by atoms with van der Waals surface area (Å²) < 4.78 is 6.09. The number of hydrogen-bond donors (Lipinski definition) is 1. The first-order chi connectivity index (χ1) is 16.5. The lowest BCUT2D eigenvalue weighted by Crippen LogP contribution is -2.40. The molecule has 176 valence electrons. The van der Waals surface area contributed by atoms with E-state index in [4.69, 9.17) is 4.74 Å². The van der Waals surface area contributed by atoms with Crippen molar-refractivity contribution in [3.8, 4) is 5.75 Å². The number of nitrogens with one attached hydrogen (secondary N) is 1. The van der Waals surface area contributed by atoms with Gasteiger partial charge in [-0.3, -0.25) is 9.59 Å². The van der Waals surface area contributed by atoms with Gasteiger partial charge >= 0.3 is 0 Å². The molecule has 1 aliphatic heterocycles. The van der Waals surface area contributed by atoms with E-state index < -0.39 is 0 Å². The third kappa shape index (κ3) is 4.85. The van der Waals surface area contributed by atoms with Crippen LogP contribution in [0.3, 0.4) is 0 Å². The standard InChI is InChI=1S/C27H29N3O3S/c1-3-25(31)30-12-11-18-7-10-21(14-22(18)26(30)19-6-4-5-17(2)13-19)33-15-24-29-23(16-34-24)27(32)28-20-8-9-20/h4-7,10,13-14,16,20,26H,3,8-9,11-12,15H2,1-2H3,(H,28,32). The number of aryl methyl sites for hydroxylation is 1. The summed E-state index contributed by atoms with van der Waals surface area (Å²) in [6.07, 6.45) is 3.41. The van der Waals surface area contributed by atoms with E-state index in [9.17, 15) is 9.59 Å². The molecule has 1 saturated carbocycles. The van der Waals surface area contributed by atoms with E-state index in [0.717, 1.165) is 41.1 Å². The highest BCUT2D eigenvalue weighted by Gasteiger charge is 2.32. The Kier molecular flexibility index (Phi) is 6.37. The Morgan fingerprint density at radius 3 is 2.82 bits per heavy atom. The summed E-state index contributed by atoms with van der Waals surface area (Å²) in [5, 5.41) is 5.51. The predicted molar refractivity (Wildman–Crippen MR) is 132 cm³/mol. The van der Waals surface area contributed by atoms with Crippen LogP contribution < -0.4 is 10.1 Å². The summed E-state index contributed by atoms with van der Waals surface area (Å²) in [6.45, 7) is 5.00. The Morgan fingerprint density at radius 2 is 2.06 bits per heavy atom.